The van der Waals surface area contributed by atoms with Gasteiger partial charge in [-0.3, -0.25) is 4.79 Å². The zero-order chi connectivity index (χ0) is 21.8. The molecule has 1 aromatic heterocycles. The maximum atomic E-state index is 13.1. The molecule has 0 saturated heterocycles. The molecular formula is C22H27NO6S. The number of amides is 1. The summed E-state index contributed by atoms with van der Waals surface area (Å²) < 4.78 is 21.3. The summed E-state index contributed by atoms with van der Waals surface area (Å²) >= 11 is 1.45. The van der Waals surface area contributed by atoms with Crippen LogP contribution in [0.2, 0.25) is 0 Å². The molecule has 7 nitrogen and oxygen atoms in total. The Morgan fingerprint density at radius 1 is 1.13 bits per heavy atom. The van der Waals surface area contributed by atoms with Gasteiger partial charge >= 0.3 is 5.97 Å². The van der Waals surface area contributed by atoms with Crippen LogP contribution < -0.4 is 19.5 Å². The SMILES string of the molecule is CCOC(=O)c1c(NC(=O)c2cc(OC)c(OC)c(OC)c2)sc2c1C(C)CCC2. The van der Waals surface area contributed by atoms with Gasteiger partial charge in [-0.25, -0.2) is 4.79 Å². The molecule has 1 heterocycles. The number of aryl methyl sites for hydroxylation is 1. The highest BCUT2D eigenvalue weighted by Crippen LogP contribution is 2.44. The lowest BCUT2D eigenvalue weighted by Crippen LogP contribution is -2.17. The van der Waals surface area contributed by atoms with Crippen molar-refractivity contribution in [3.63, 3.8) is 0 Å². The Hall–Kier alpha value is -2.74. The summed E-state index contributed by atoms with van der Waals surface area (Å²) in [5.74, 6) is 0.647. The maximum Gasteiger partial charge on any atom is 0.341 e. The number of carbonyl (C=O) groups excluding carboxylic acids is 2. The van der Waals surface area contributed by atoms with Crippen LogP contribution in [-0.2, 0) is 11.2 Å². The summed E-state index contributed by atoms with van der Waals surface area (Å²) in [5.41, 5.74) is 1.81. The molecule has 0 aliphatic heterocycles. The van der Waals surface area contributed by atoms with Crippen LogP contribution in [0.1, 0.15) is 63.8 Å². The van der Waals surface area contributed by atoms with E-state index in [0.717, 1.165) is 29.7 Å². The van der Waals surface area contributed by atoms with Crippen LogP contribution in [0.4, 0.5) is 5.00 Å². The summed E-state index contributed by atoms with van der Waals surface area (Å²) in [6.45, 7) is 4.16. The molecule has 1 aromatic carbocycles. The van der Waals surface area contributed by atoms with Gasteiger partial charge in [0, 0.05) is 10.4 Å². The predicted molar refractivity (Wildman–Crippen MR) is 116 cm³/mol. The summed E-state index contributed by atoms with van der Waals surface area (Å²) in [7, 11) is 4.49. The van der Waals surface area contributed by atoms with Crippen LogP contribution in [0.3, 0.4) is 0 Å². The Bertz CT molecular complexity index is 926. The predicted octanol–water partition coefficient (Wildman–Crippen LogP) is 4.64. The van der Waals surface area contributed by atoms with Gasteiger partial charge in [0.2, 0.25) is 5.75 Å². The standard InChI is InChI=1S/C22H27NO6S/c1-6-29-22(25)18-17-12(2)8-7-9-16(17)30-21(18)23-20(24)13-10-14(26-3)19(28-5)15(11-13)27-4/h10-12H,6-9H2,1-5H3,(H,23,24). The number of esters is 1. The molecule has 1 atom stereocenters. The van der Waals surface area contributed by atoms with Crippen molar-refractivity contribution in [1.29, 1.82) is 0 Å². The third kappa shape index (κ3) is 4.09. The van der Waals surface area contributed by atoms with Crippen LogP contribution in [0.5, 0.6) is 17.2 Å². The van der Waals surface area contributed by atoms with Gasteiger partial charge < -0.3 is 24.3 Å². The maximum absolute atomic E-state index is 13.1. The zero-order valence-electron chi connectivity index (χ0n) is 17.9. The number of carbonyl (C=O) groups is 2. The molecule has 3 rings (SSSR count). The van der Waals surface area contributed by atoms with Crippen molar-refractivity contribution in [2.45, 2.75) is 39.0 Å². The van der Waals surface area contributed by atoms with E-state index in [1.54, 1.807) is 19.1 Å². The minimum Gasteiger partial charge on any atom is -0.493 e. The first-order valence-corrected chi connectivity index (χ1v) is 10.7. The fourth-order valence-electron chi connectivity index (χ4n) is 3.79. The number of anilines is 1. The van der Waals surface area contributed by atoms with Crippen molar-refractivity contribution in [2.75, 3.05) is 33.3 Å². The molecule has 0 fully saturated rings. The fourth-order valence-corrected chi connectivity index (χ4v) is 5.14. The summed E-state index contributed by atoms with van der Waals surface area (Å²) in [6, 6.07) is 3.16. The topological polar surface area (TPSA) is 83.1 Å². The second-order valence-electron chi connectivity index (χ2n) is 7.02. The summed E-state index contributed by atoms with van der Waals surface area (Å²) in [5, 5.41) is 3.43. The number of hydrogen-bond acceptors (Lipinski definition) is 7. The Morgan fingerprint density at radius 3 is 2.37 bits per heavy atom. The Balaban J connectivity index is 2.00. The smallest absolute Gasteiger partial charge is 0.341 e. The molecule has 1 unspecified atom stereocenters. The molecule has 0 saturated carbocycles. The van der Waals surface area contributed by atoms with E-state index in [1.807, 2.05) is 0 Å². The van der Waals surface area contributed by atoms with E-state index in [1.165, 1.54) is 32.7 Å². The minimum atomic E-state index is -0.399. The van der Waals surface area contributed by atoms with Gasteiger partial charge in [0.1, 0.15) is 5.00 Å². The average molecular weight is 434 g/mol. The molecule has 1 aliphatic carbocycles. The minimum absolute atomic E-state index is 0.247. The van der Waals surface area contributed by atoms with Gasteiger partial charge in [0.25, 0.3) is 5.91 Å². The van der Waals surface area contributed by atoms with Crippen LogP contribution in [0.15, 0.2) is 12.1 Å². The molecule has 0 bridgehead atoms. The lowest BCUT2D eigenvalue weighted by Gasteiger charge is -2.19. The lowest BCUT2D eigenvalue weighted by atomic mass is 9.86. The number of hydrogen-bond donors (Lipinski definition) is 1. The molecule has 1 N–H and O–H groups in total. The molecule has 1 amide bonds. The van der Waals surface area contributed by atoms with E-state index in [4.69, 9.17) is 18.9 Å². The van der Waals surface area contributed by atoms with E-state index >= 15 is 0 Å². The molecular weight excluding hydrogens is 406 g/mol. The van der Waals surface area contributed by atoms with E-state index in [2.05, 4.69) is 12.2 Å². The largest absolute Gasteiger partial charge is 0.493 e. The van der Waals surface area contributed by atoms with Gasteiger partial charge in [-0.1, -0.05) is 6.92 Å². The Morgan fingerprint density at radius 2 is 1.80 bits per heavy atom. The number of ether oxygens (including phenoxy) is 4. The molecule has 162 valence electrons. The van der Waals surface area contributed by atoms with Crippen molar-refractivity contribution < 1.29 is 28.5 Å². The Kier molecular flexibility index (Phi) is 6.87. The highest BCUT2D eigenvalue weighted by Gasteiger charge is 2.31. The van der Waals surface area contributed by atoms with Gasteiger partial charge in [-0.05, 0) is 49.8 Å². The van der Waals surface area contributed by atoms with Crippen molar-refractivity contribution in [3.8, 4) is 17.2 Å². The van der Waals surface area contributed by atoms with E-state index in [9.17, 15) is 9.59 Å². The summed E-state index contributed by atoms with van der Waals surface area (Å²) in [6.07, 6.45) is 2.98. The van der Waals surface area contributed by atoms with Crippen LogP contribution in [0, 0.1) is 0 Å². The number of methoxy groups -OCH3 is 3. The first kappa shape index (κ1) is 22.0. The lowest BCUT2D eigenvalue weighted by molar-refractivity contribution is 0.0526. The van der Waals surface area contributed by atoms with Gasteiger partial charge in [0.05, 0.1) is 33.5 Å². The molecule has 30 heavy (non-hydrogen) atoms. The quantitative estimate of drug-likeness (QED) is 0.641. The van der Waals surface area contributed by atoms with E-state index < -0.39 is 5.97 Å². The van der Waals surface area contributed by atoms with Gasteiger partial charge in [0.15, 0.2) is 11.5 Å². The van der Waals surface area contributed by atoms with Crippen molar-refractivity contribution in [3.05, 3.63) is 33.7 Å². The number of fused-ring (bicyclic) bond motifs is 1. The molecule has 0 spiro atoms. The van der Waals surface area contributed by atoms with Crippen molar-refractivity contribution >= 4 is 28.2 Å². The second kappa shape index (κ2) is 9.38. The molecule has 1 aliphatic rings. The second-order valence-corrected chi connectivity index (χ2v) is 8.13. The van der Waals surface area contributed by atoms with Gasteiger partial charge in [-0.15, -0.1) is 11.3 Å². The highest BCUT2D eigenvalue weighted by atomic mass is 32.1. The molecule has 2 aromatic rings. The normalized spacial score (nSPS) is 15.2. The number of nitrogens with one attached hydrogen (secondary N) is 1. The first-order valence-electron chi connectivity index (χ1n) is 9.89. The first-order chi connectivity index (χ1) is 14.4. The number of thiophene rings is 1. The zero-order valence-corrected chi connectivity index (χ0v) is 18.7. The monoisotopic (exact) mass is 433 g/mol. The van der Waals surface area contributed by atoms with Crippen LogP contribution in [0.25, 0.3) is 0 Å². The van der Waals surface area contributed by atoms with E-state index in [0.29, 0.717) is 33.4 Å². The molecule has 8 heteroatoms. The van der Waals surface area contributed by atoms with Gasteiger partial charge in [-0.2, -0.15) is 0 Å². The van der Waals surface area contributed by atoms with E-state index in [-0.39, 0.29) is 18.4 Å². The average Bonchev–Trinajstić information content (AvgIpc) is 3.11. The number of rotatable bonds is 7. The van der Waals surface area contributed by atoms with Crippen LogP contribution in [-0.4, -0.2) is 39.8 Å². The van der Waals surface area contributed by atoms with Crippen molar-refractivity contribution in [2.24, 2.45) is 0 Å². The fraction of sp³-hybridized carbons (Fsp3) is 0.455. The Labute approximate surface area is 180 Å². The summed E-state index contributed by atoms with van der Waals surface area (Å²) in [4.78, 5) is 26.9. The highest BCUT2D eigenvalue weighted by molar-refractivity contribution is 7.17. The van der Waals surface area contributed by atoms with Crippen molar-refractivity contribution in [1.82, 2.24) is 0 Å². The van der Waals surface area contributed by atoms with Crippen LogP contribution >= 0.6 is 11.3 Å². The third-order valence-corrected chi connectivity index (χ3v) is 6.37. The number of benzene rings is 1. The molecule has 0 radical (unpaired) electrons. The third-order valence-electron chi connectivity index (χ3n) is 5.19.